The van der Waals surface area contributed by atoms with Crippen LogP contribution in [0, 0.1) is 0 Å². The molecular formula is C12H17N. The molecule has 13 heavy (non-hydrogen) atoms. The molecule has 0 saturated heterocycles. The molecule has 0 aromatic carbocycles. The van der Waals surface area contributed by atoms with Crippen molar-refractivity contribution in [3.63, 3.8) is 0 Å². The van der Waals surface area contributed by atoms with Crippen molar-refractivity contribution in [3.8, 4) is 0 Å². The molecule has 0 atom stereocenters. The number of rotatable bonds is 4. The minimum Gasteiger partial charge on any atom is -0.405 e. The molecule has 0 aromatic rings. The van der Waals surface area contributed by atoms with Gasteiger partial charge in [-0.3, -0.25) is 0 Å². The van der Waals surface area contributed by atoms with Crippen LogP contribution in [0.5, 0.6) is 0 Å². The lowest BCUT2D eigenvalue weighted by Gasteiger charge is -2.03. The summed E-state index contributed by atoms with van der Waals surface area (Å²) < 4.78 is 0. The van der Waals surface area contributed by atoms with Crippen LogP contribution in [0.1, 0.15) is 13.8 Å². The second-order valence-corrected chi connectivity index (χ2v) is 2.83. The minimum absolute atomic E-state index is 1.02. The van der Waals surface area contributed by atoms with Crippen LogP contribution >= 0.6 is 0 Å². The summed E-state index contributed by atoms with van der Waals surface area (Å²) in [4.78, 5) is 0. The standard InChI is InChI=1S/C12H17N/c1-5-6-7-12(10(2)3)11(4)8-9-13/h5-9H,1-2,13H2,3-4H3/b7-6-,9-8-,12-11-. The molecule has 0 spiro atoms. The van der Waals surface area contributed by atoms with Crippen LogP contribution in [-0.4, -0.2) is 0 Å². The van der Waals surface area contributed by atoms with Gasteiger partial charge in [-0.2, -0.15) is 0 Å². The van der Waals surface area contributed by atoms with Crippen molar-refractivity contribution >= 4 is 0 Å². The highest BCUT2D eigenvalue weighted by Crippen LogP contribution is 2.15. The van der Waals surface area contributed by atoms with E-state index in [4.69, 9.17) is 5.73 Å². The van der Waals surface area contributed by atoms with Crippen molar-refractivity contribution < 1.29 is 0 Å². The van der Waals surface area contributed by atoms with Crippen LogP contribution in [0.3, 0.4) is 0 Å². The topological polar surface area (TPSA) is 26.0 Å². The fourth-order valence-electron chi connectivity index (χ4n) is 1.01. The van der Waals surface area contributed by atoms with Gasteiger partial charge in [0, 0.05) is 0 Å². The van der Waals surface area contributed by atoms with Gasteiger partial charge in [0.1, 0.15) is 0 Å². The fourth-order valence-corrected chi connectivity index (χ4v) is 1.01. The van der Waals surface area contributed by atoms with Crippen LogP contribution in [0.25, 0.3) is 0 Å². The Morgan fingerprint density at radius 3 is 2.23 bits per heavy atom. The van der Waals surface area contributed by atoms with E-state index in [2.05, 4.69) is 13.2 Å². The van der Waals surface area contributed by atoms with E-state index < -0.39 is 0 Å². The third kappa shape index (κ3) is 4.16. The van der Waals surface area contributed by atoms with Gasteiger partial charge in [0.05, 0.1) is 0 Å². The van der Waals surface area contributed by atoms with E-state index in [0.717, 1.165) is 16.7 Å². The summed E-state index contributed by atoms with van der Waals surface area (Å²) in [6.07, 6.45) is 8.99. The summed E-state index contributed by atoms with van der Waals surface area (Å²) in [5.41, 5.74) is 8.53. The molecule has 0 aliphatic heterocycles. The quantitative estimate of drug-likeness (QED) is 0.653. The third-order valence-corrected chi connectivity index (χ3v) is 1.63. The van der Waals surface area contributed by atoms with E-state index in [1.54, 1.807) is 6.08 Å². The first-order valence-electron chi connectivity index (χ1n) is 4.17. The first-order valence-corrected chi connectivity index (χ1v) is 4.17. The molecule has 0 amide bonds. The largest absolute Gasteiger partial charge is 0.405 e. The summed E-state index contributed by atoms with van der Waals surface area (Å²) in [6, 6.07) is 0. The van der Waals surface area contributed by atoms with E-state index in [9.17, 15) is 0 Å². The molecule has 0 saturated carbocycles. The Hall–Kier alpha value is -1.50. The Balaban J connectivity index is 4.98. The summed E-state index contributed by atoms with van der Waals surface area (Å²) >= 11 is 0. The third-order valence-electron chi connectivity index (χ3n) is 1.63. The van der Waals surface area contributed by atoms with Crippen LogP contribution < -0.4 is 5.73 Å². The van der Waals surface area contributed by atoms with Crippen LogP contribution in [0.2, 0.25) is 0 Å². The summed E-state index contributed by atoms with van der Waals surface area (Å²) in [7, 11) is 0. The second kappa shape index (κ2) is 6.06. The lowest BCUT2D eigenvalue weighted by atomic mass is 10.0. The van der Waals surface area contributed by atoms with Gasteiger partial charge < -0.3 is 5.73 Å². The zero-order valence-electron chi connectivity index (χ0n) is 8.38. The molecule has 0 aliphatic rings. The van der Waals surface area contributed by atoms with Crippen molar-refractivity contribution in [2.24, 2.45) is 5.73 Å². The highest BCUT2D eigenvalue weighted by molar-refractivity contribution is 5.44. The van der Waals surface area contributed by atoms with E-state index in [1.807, 2.05) is 32.1 Å². The van der Waals surface area contributed by atoms with Gasteiger partial charge in [0.25, 0.3) is 0 Å². The van der Waals surface area contributed by atoms with Crippen LogP contribution in [0.15, 0.2) is 60.4 Å². The Labute approximate surface area is 80.6 Å². The first-order chi connectivity index (χ1) is 6.13. The first kappa shape index (κ1) is 11.5. The smallest absolute Gasteiger partial charge is 0.00595 e. The maximum atomic E-state index is 5.31. The minimum atomic E-state index is 1.02. The molecule has 1 nitrogen and oxygen atoms in total. The maximum absolute atomic E-state index is 5.31. The van der Waals surface area contributed by atoms with Gasteiger partial charge in [-0.1, -0.05) is 37.0 Å². The van der Waals surface area contributed by atoms with E-state index in [1.165, 1.54) is 6.20 Å². The second-order valence-electron chi connectivity index (χ2n) is 2.83. The predicted molar refractivity (Wildman–Crippen MR) is 60.2 cm³/mol. The van der Waals surface area contributed by atoms with Crippen molar-refractivity contribution in [2.75, 3.05) is 0 Å². The highest BCUT2D eigenvalue weighted by atomic mass is 14.5. The molecule has 0 radical (unpaired) electrons. The molecule has 0 heterocycles. The monoisotopic (exact) mass is 175 g/mol. The zero-order chi connectivity index (χ0) is 10.3. The number of nitrogens with two attached hydrogens (primary N) is 1. The Morgan fingerprint density at radius 2 is 1.85 bits per heavy atom. The van der Waals surface area contributed by atoms with Gasteiger partial charge in [0.15, 0.2) is 0 Å². The molecule has 2 N–H and O–H groups in total. The zero-order valence-corrected chi connectivity index (χ0v) is 8.38. The SMILES string of the molecule is C=C\C=C/C(C(=C)C)=C(C)/C=C\N. The Kier molecular flexibility index (Phi) is 5.37. The molecule has 0 aromatic heterocycles. The Bertz CT molecular complexity index is 277. The van der Waals surface area contributed by atoms with Gasteiger partial charge in [-0.25, -0.2) is 0 Å². The molecular weight excluding hydrogens is 158 g/mol. The molecule has 1 heteroatoms. The number of allylic oxidation sites excluding steroid dienone is 7. The normalized spacial score (nSPS) is 13.4. The molecule has 0 fully saturated rings. The fraction of sp³-hybridized carbons (Fsp3) is 0.167. The van der Waals surface area contributed by atoms with E-state index in [-0.39, 0.29) is 0 Å². The average Bonchev–Trinajstić information content (AvgIpc) is 2.05. The number of hydrogen-bond donors (Lipinski definition) is 1. The molecule has 0 bridgehead atoms. The molecule has 0 aliphatic carbocycles. The summed E-state index contributed by atoms with van der Waals surface area (Å²) in [6.45, 7) is 11.5. The summed E-state index contributed by atoms with van der Waals surface area (Å²) in [5, 5.41) is 0. The summed E-state index contributed by atoms with van der Waals surface area (Å²) in [5.74, 6) is 0. The van der Waals surface area contributed by atoms with Gasteiger partial charge >= 0.3 is 0 Å². The predicted octanol–water partition coefficient (Wildman–Crippen LogP) is 3.09. The molecule has 0 unspecified atom stereocenters. The van der Waals surface area contributed by atoms with Crippen molar-refractivity contribution in [1.82, 2.24) is 0 Å². The molecule has 0 rings (SSSR count). The van der Waals surface area contributed by atoms with Gasteiger partial charge in [-0.15, -0.1) is 0 Å². The van der Waals surface area contributed by atoms with Crippen molar-refractivity contribution in [3.05, 3.63) is 60.4 Å². The maximum Gasteiger partial charge on any atom is -0.00595 e. The number of hydrogen-bond acceptors (Lipinski definition) is 1. The van der Waals surface area contributed by atoms with Crippen molar-refractivity contribution in [1.29, 1.82) is 0 Å². The van der Waals surface area contributed by atoms with Crippen LogP contribution in [-0.2, 0) is 0 Å². The van der Waals surface area contributed by atoms with Crippen LogP contribution in [0.4, 0.5) is 0 Å². The highest BCUT2D eigenvalue weighted by Gasteiger charge is 1.95. The lowest BCUT2D eigenvalue weighted by molar-refractivity contribution is 1.35. The van der Waals surface area contributed by atoms with E-state index >= 15 is 0 Å². The van der Waals surface area contributed by atoms with Crippen molar-refractivity contribution in [2.45, 2.75) is 13.8 Å². The van der Waals surface area contributed by atoms with Gasteiger partial charge in [-0.05, 0) is 37.3 Å². The average molecular weight is 175 g/mol. The lowest BCUT2D eigenvalue weighted by Crippen LogP contribution is -1.86. The van der Waals surface area contributed by atoms with Gasteiger partial charge in [0.2, 0.25) is 0 Å². The molecule has 70 valence electrons. The van der Waals surface area contributed by atoms with E-state index in [0.29, 0.717) is 0 Å². The Morgan fingerprint density at radius 1 is 1.23 bits per heavy atom.